The average Bonchev–Trinajstić information content (AvgIpc) is 2.37. The molecule has 0 aliphatic carbocycles. The first-order valence-electron chi connectivity index (χ1n) is 7.01. The molecule has 20 heavy (non-hydrogen) atoms. The van der Waals surface area contributed by atoms with Crippen LogP contribution in [-0.2, 0) is 19.7 Å². The predicted molar refractivity (Wildman–Crippen MR) is 73.5 cm³/mol. The highest BCUT2D eigenvalue weighted by Gasteiger charge is 2.35. The standard InChI is InChI=1S/C12H24N2O5S/c1-10-7-14(8-11(2)19-10)20(16,17)13-9-12(15)3-5-18-6-4-12/h10-11,13,15H,3-9H2,1-2H3. The number of hydrogen-bond acceptors (Lipinski definition) is 5. The van der Waals surface area contributed by atoms with Crippen LogP contribution in [0.5, 0.6) is 0 Å². The second-order valence-corrected chi connectivity index (χ2v) is 7.49. The van der Waals surface area contributed by atoms with Gasteiger partial charge < -0.3 is 14.6 Å². The fraction of sp³-hybridized carbons (Fsp3) is 1.00. The second kappa shape index (κ2) is 6.25. The second-order valence-electron chi connectivity index (χ2n) is 5.74. The summed E-state index contributed by atoms with van der Waals surface area (Å²) in [5.74, 6) is 0. The Hall–Kier alpha value is -0.250. The Bertz CT molecular complexity index is 412. The molecule has 2 fully saturated rings. The first-order valence-corrected chi connectivity index (χ1v) is 8.45. The Morgan fingerprint density at radius 3 is 2.35 bits per heavy atom. The minimum Gasteiger partial charge on any atom is -0.388 e. The van der Waals surface area contributed by atoms with Crippen molar-refractivity contribution in [3.63, 3.8) is 0 Å². The molecule has 0 amide bonds. The zero-order valence-electron chi connectivity index (χ0n) is 12.0. The molecule has 0 aromatic rings. The Morgan fingerprint density at radius 1 is 1.25 bits per heavy atom. The molecule has 0 saturated carbocycles. The maximum atomic E-state index is 12.3. The quantitative estimate of drug-likeness (QED) is 0.729. The van der Waals surface area contributed by atoms with Gasteiger partial charge in [-0.15, -0.1) is 0 Å². The van der Waals surface area contributed by atoms with Crippen molar-refractivity contribution in [1.82, 2.24) is 9.03 Å². The summed E-state index contributed by atoms with van der Waals surface area (Å²) in [4.78, 5) is 0. The van der Waals surface area contributed by atoms with Gasteiger partial charge in [0.1, 0.15) is 0 Å². The Balaban J connectivity index is 1.93. The van der Waals surface area contributed by atoms with Gasteiger partial charge in [0.2, 0.25) is 0 Å². The van der Waals surface area contributed by atoms with Crippen LogP contribution in [0.15, 0.2) is 0 Å². The summed E-state index contributed by atoms with van der Waals surface area (Å²) < 4.78 is 39.2. The number of nitrogens with one attached hydrogen (secondary N) is 1. The molecule has 118 valence electrons. The van der Waals surface area contributed by atoms with Crippen LogP contribution in [0.1, 0.15) is 26.7 Å². The van der Waals surface area contributed by atoms with Crippen LogP contribution in [-0.4, -0.2) is 68.5 Å². The van der Waals surface area contributed by atoms with Crippen LogP contribution < -0.4 is 4.72 Å². The van der Waals surface area contributed by atoms with Crippen LogP contribution >= 0.6 is 0 Å². The van der Waals surface area contributed by atoms with Crippen molar-refractivity contribution in [2.24, 2.45) is 0 Å². The smallest absolute Gasteiger partial charge is 0.279 e. The lowest BCUT2D eigenvalue weighted by molar-refractivity contribution is -0.0599. The van der Waals surface area contributed by atoms with Crippen LogP contribution in [0.4, 0.5) is 0 Å². The summed E-state index contributed by atoms with van der Waals surface area (Å²) in [5, 5.41) is 10.3. The highest BCUT2D eigenvalue weighted by atomic mass is 32.2. The normalized spacial score (nSPS) is 32.1. The molecule has 2 aliphatic heterocycles. The van der Waals surface area contributed by atoms with Crippen LogP contribution in [0.25, 0.3) is 0 Å². The zero-order valence-corrected chi connectivity index (χ0v) is 12.9. The lowest BCUT2D eigenvalue weighted by atomic mass is 9.95. The summed E-state index contributed by atoms with van der Waals surface area (Å²) in [7, 11) is -3.58. The Morgan fingerprint density at radius 2 is 1.80 bits per heavy atom. The molecule has 2 rings (SSSR count). The van der Waals surface area contributed by atoms with Crippen LogP contribution in [0.3, 0.4) is 0 Å². The van der Waals surface area contributed by atoms with Crippen molar-refractivity contribution in [2.75, 3.05) is 32.8 Å². The topological polar surface area (TPSA) is 88.1 Å². The van der Waals surface area contributed by atoms with Crippen molar-refractivity contribution in [1.29, 1.82) is 0 Å². The minimum absolute atomic E-state index is 0.0266. The molecule has 2 atom stereocenters. The SMILES string of the molecule is CC1CN(S(=O)(=O)NCC2(O)CCOCC2)CC(C)O1. The molecule has 0 spiro atoms. The van der Waals surface area contributed by atoms with E-state index in [1.54, 1.807) is 0 Å². The molecule has 0 aromatic heterocycles. The zero-order chi connectivity index (χ0) is 14.8. The van der Waals surface area contributed by atoms with Gasteiger partial charge in [-0.25, -0.2) is 0 Å². The van der Waals surface area contributed by atoms with Crippen molar-refractivity contribution in [3.8, 4) is 0 Å². The number of hydrogen-bond donors (Lipinski definition) is 2. The van der Waals surface area contributed by atoms with E-state index in [0.29, 0.717) is 39.1 Å². The molecule has 0 bridgehead atoms. The highest BCUT2D eigenvalue weighted by Crippen LogP contribution is 2.20. The van der Waals surface area contributed by atoms with Crippen molar-refractivity contribution < 1.29 is 23.0 Å². The molecule has 0 aromatic carbocycles. The van der Waals surface area contributed by atoms with Crippen LogP contribution in [0.2, 0.25) is 0 Å². The number of rotatable bonds is 4. The molecular weight excluding hydrogens is 284 g/mol. The third-order valence-corrected chi connectivity index (χ3v) is 5.22. The van der Waals surface area contributed by atoms with Crippen molar-refractivity contribution in [2.45, 2.75) is 44.5 Å². The van der Waals surface area contributed by atoms with E-state index in [2.05, 4.69) is 4.72 Å². The van der Waals surface area contributed by atoms with Gasteiger partial charge in [0.15, 0.2) is 0 Å². The van der Waals surface area contributed by atoms with Gasteiger partial charge in [-0.1, -0.05) is 0 Å². The third kappa shape index (κ3) is 4.12. The van der Waals surface area contributed by atoms with Crippen LogP contribution in [0, 0.1) is 0 Å². The molecule has 2 aliphatic rings. The van der Waals surface area contributed by atoms with Gasteiger partial charge in [-0.3, -0.25) is 0 Å². The predicted octanol–water partition coefficient (Wildman–Crippen LogP) is -0.528. The van der Waals surface area contributed by atoms with E-state index in [1.165, 1.54) is 4.31 Å². The van der Waals surface area contributed by atoms with E-state index in [9.17, 15) is 13.5 Å². The maximum Gasteiger partial charge on any atom is 0.279 e. The third-order valence-electron chi connectivity index (χ3n) is 3.73. The van der Waals surface area contributed by atoms with Gasteiger partial charge in [0.25, 0.3) is 10.2 Å². The molecule has 2 N–H and O–H groups in total. The maximum absolute atomic E-state index is 12.3. The lowest BCUT2D eigenvalue weighted by Crippen LogP contribution is -2.55. The summed E-state index contributed by atoms with van der Waals surface area (Å²) in [6, 6.07) is 0. The van der Waals surface area contributed by atoms with E-state index in [-0.39, 0.29) is 18.8 Å². The largest absolute Gasteiger partial charge is 0.388 e. The fourth-order valence-corrected chi connectivity index (χ4v) is 4.02. The van der Waals surface area contributed by atoms with Crippen molar-refractivity contribution >= 4 is 10.2 Å². The monoisotopic (exact) mass is 308 g/mol. The molecule has 2 unspecified atom stereocenters. The van der Waals surface area contributed by atoms with Gasteiger partial charge in [0.05, 0.1) is 17.8 Å². The average molecular weight is 308 g/mol. The summed E-state index contributed by atoms with van der Waals surface area (Å²) in [6.45, 7) is 5.32. The minimum atomic E-state index is -3.58. The molecule has 2 heterocycles. The summed E-state index contributed by atoms with van der Waals surface area (Å²) >= 11 is 0. The molecule has 8 heteroatoms. The Kier molecular flexibility index (Phi) is 5.04. The molecule has 7 nitrogen and oxygen atoms in total. The van der Waals surface area contributed by atoms with E-state index in [0.717, 1.165) is 0 Å². The number of ether oxygens (including phenoxy) is 2. The molecule has 2 saturated heterocycles. The van der Waals surface area contributed by atoms with Gasteiger partial charge >= 0.3 is 0 Å². The van der Waals surface area contributed by atoms with Gasteiger partial charge in [0, 0.05) is 45.7 Å². The van der Waals surface area contributed by atoms with E-state index in [1.807, 2.05) is 13.8 Å². The van der Waals surface area contributed by atoms with Crippen molar-refractivity contribution in [3.05, 3.63) is 0 Å². The summed E-state index contributed by atoms with van der Waals surface area (Å²) in [5.41, 5.74) is -1.01. The van der Waals surface area contributed by atoms with Gasteiger partial charge in [-0.2, -0.15) is 17.4 Å². The molecular formula is C12H24N2O5S. The number of nitrogens with zero attached hydrogens (tertiary/aromatic N) is 1. The fourth-order valence-electron chi connectivity index (χ4n) is 2.57. The Labute approximate surface area is 120 Å². The summed E-state index contributed by atoms with van der Waals surface area (Å²) in [6.07, 6.45) is 0.652. The van der Waals surface area contributed by atoms with E-state index < -0.39 is 15.8 Å². The molecule has 0 radical (unpaired) electrons. The number of aliphatic hydroxyl groups is 1. The first-order chi connectivity index (χ1) is 9.31. The van der Waals surface area contributed by atoms with Gasteiger partial charge in [-0.05, 0) is 13.8 Å². The van der Waals surface area contributed by atoms with E-state index in [4.69, 9.17) is 9.47 Å². The number of morpholine rings is 1. The van der Waals surface area contributed by atoms with E-state index >= 15 is 0 Å². The first kappa shape index (κ1) is 16.1. The highest BCUT2D eigenvalue weighted by molar-refractivity contribution is 7.87. The lowest BCUT2D eigenvalue weighted by Gasteiger charge is -2.36.